The number of amides is 3. The molecule has 3 atom stereocenters. The van der Waals surface area contributed by atoms with Crippen molar-refractivity contribution in [2.24, 2.45) is 17.8 Å². The number of carbonyl (C=O) groups excluding carboxylic acids is 3. The second-order valence-corrected chi connectivity index (χ2v) is 8.14. The van der Waals surface area contributed by atoms with Gasteiger partial charge in [0.1, 0.15) is 6.04 Å². The summed E-state index contributed by atoms with van der Waals surface area (Å²) in [5, 5.41) is 2.85. The molecule has 7 nitrogen and oxygen atoms in total. The number of rotatable bonds is 8. The van der Waals surface area contributed by atoms with Crippen LogP contribution in [0.3, 0.4) is 0 Å². The molecule has 1 N–H and O–H groups in total. The molecule has 1 saturated heterocycles. The van der Waals surface area contributed by atoms with Crippen molar-refractivity contribution in [1.82, 2.24) is 4.90 Å². The summed E-state index contributed by atoms with van der Waals surface area (Å²) in [4.78, 5) is 40.4. The van der Waals surface area contributed by atoms with E-state index in [9.17, 15) is 14.4 Å². The molecule has 1 aliphatic heterocycles. The number of nitrogens with one attached hydrogen (secondary N) is 1. The number of hydrogen-bond acceptors (Lipinski definition) is 5. The molecule has 1 fully saturated rings. The fraction of sp³-hybridized carbons (Fsp3) is 0.522. The van der Waals surface area contributed by atoms with Gasteiger partial charge in [0.25, 0.3) is 0 Å². The zero-order valence-corrected chi connectivity index (χ0v) is 18.0. The number of nitrogens with zero attached hydrogens (tertiary/aromatic N) is 1. The maximum Gasteiger partial charge on any atom is 0.247 e. The molecule has 7 heteroatoms. The summed E-state index contributed by atoms with van der Waals surface area (Å²) in [6.45, 7) is 6.32. The monoisotopic (exact) mass is 414 g/mol. The van der Waals surface area contributed by atoms with Crippen LogP contribution in [0, 0.1) is 17.8 Å². The highest BCUT2D eigenvalue weighted by Gasteiger charge is 2.51. The Labute approximate surface area is 177 Å². The summed E-state index contributed by atoms with van der Waals surface area (Å²) < 4.78 is 10.9. The fourth-order valence-electron chi connectivity index (χ4n) is 4.16. The lowest BCUT2D eigenvalue weighted by Crippen LogP contribution is -2.48. The van der Waals surface area contributed by atoms with Gasteiger partial charge in [-0.1, -0.05) is 26.0 Å². The number of likely N-dealkylation sites (tertiary alicyclic amines) is 1. The molecular weight excluding hydrogens is 384 g/mol. The number of methoxy groups -OCH3 is 1. The third-order valence-corrected chi connectivity index (χ3v) is 5.58. The van der Waals surface area contributed by atoms with Gasteiger partial charge in [-0.25, -0.2) is 0 Å². The molecule has 0 bridgehead atoms. The average molecular weight is 415 g/mol. The summed E-state index contributed by atoms with van der Waals surface area (Å²) in [6.07, 6.45) is 5.40. The van der Waals surface area contributed by atoms with Crippen LogP contribution >= 0.6 is 0 Å². The Morgan fingerprint density at radius 3 is 2.30 bits per heavy atom. The zero-order chi connectivity index (χ0) is 21.8. The summed E-state index contributed by atoms with van der Waals surface area (Å²) in [5.74, 6) is -0.330. The van der Waals surface area contributed by atoms with Crippen molar-refractivity contribution in [1.29, 1.82) is 0 Å². The normalized spacial score (nSPS) is 21.6. The van der Waals surface area contributed by atoms with E-state index in [1.165, 1.54) is 12.0 Å². The Hall–Kier alpha value is -2.83. The standard InChI is InChI=1S/C23H30N2O5/c1-5-30-19-11-10-15(13-20(19)29-4)24-21(26)18(12-14(2)3)25-22(27)16-8-6-7-9-17(16)23(25)28/h6-7,10-11,13-14,16-18H,5,8-9,12H2,1-4H3,(H,24,26)/t16-,17-,18+/m0/s1. The molecule has 2 aliphatic rings. The Kier molecular flexibility index (Phi) is 6.80. The molecule has 0 aromatic heterocycles. The average Bonchev–Trinajstić information content (AvgIpc) is 2.98. The van der Waals surface area contributed by atoms with E-state index < -0.39 is 6.04 Å². The lowest BCUT2D eigenvalue weighted by molar-refractivity contribution is -0.147. The molecule has 3 amide bonds. The van der Waals surface area contributed by atoms with Crippen molar-refractivity contribution < 1.29 is 23.9 Å². The molecule has 3 rings (SSSR count). The van der Waals surface area contributed by atoms with E-state index in [1.807, 2.05) is 32.9 Å². The lowest BCUT2D eigenvalue weighted by atomic mass is 9.85. The van der Waals surface area contributed by atoms with Crippen LogP contribution in [0.1, 0.15) is 40.0 Å². The molecule has 1 aromatic carbocycles. The maximum absolute atomic E-state index is 13.2. The minimum absolute atomic E-state index is 0.136. The third-order valence-electron chi connectivity index (χ3n) is 5.58. The van der Waals surface area contributed by atoms with Crippen molar-refractivity contribution in [3.63, 3.8) is 0 Å². The predicted octanol–water partition coefficient (Wildman–Crippen LogP) is 3.40. The van der Waals surface area contributed by atoms with Gasteiger partial charge in [-0.3, -0.25) is 19.3 Å². The SMILES string of the molecule is CCOc1ccc(NC(=O)[C@@H](CC(C)C)N2C(=O)[C@H]3CC=CC[C@@H]3C2=O)cc1OC. The van der Waals surface area contributed by atoms with Crippen molar-refractivity contribution in [3.05, 3.63) is 30.4 Å². The van der Waals surface area contributed by atoms with E-state index in [0.717, 1.165) is 0 Å². The predicted molar refractivity (Wildman–Crippen MR) is 113 cm³/mol. The highest BCUT2D eigenvalue weighted by molar-refractivity contribution is 6.10. The number of hydrogen-bond donors (Lipinski definition) is 1. The first kappa shape index (κ1) is 21.9. The van der Waals surface area contributed by atoms with Gasteiger partial charge in [0.15, 0.2) is 11.5 Å². The number of imide groups is 1. The quantitative estimate of drug-likeness (QED) is 0.521. The third kappa shape index (κ3) is 4.35. The van der Waals surface area contributed by atoms with Gasteiger partial charge in [-0.2, -0.15) is 0 Å². The Bertz CT molecular complexity index is 822. The van der Waals surface area contributed by atoms with Crippen LogP contribution in [-0.4, -0.2) is 42.4 Å². The number of allylic oxidation sites excluding steroid dienone is 2. The van der Waals surface area contributed by atoms with E-state index >= 15 is 0 Å². The molecule has 1 heterocycles. The van der Waals surface area contributed by atoms with Gasteiger partial charge in [-0.15, -0.1) is 0 Å². The van der Waals surface area contributed by atoms with E-state index in [2.05, 4.69) is 5.32 Å². The Balaban J connectivity index is 1.83. The van der Waals surface area contributed by atoms with Crippen LogP contribution in [0.4, 0.5) is 5.69 Å². The first-order chi connectivity index (χ1) is 14.4. The summed E-state index contributed by atoms with van der Waals surface area (Å²) in [7, 11) is 1.53. The highest BCUT2D eigenvalue weighted by atomic mass is 16.5. The number of ether oxygens (including phenoxy) is 2. The molecule has 0 unspecified atom stereocenters. The minimum atomic E-state index is -0.840. The van der Waals surface area contributed by atoms with E-state index in [-0.39, 0.29) is 35.5 Å². The van der Waals surface area contributed by atoms with E-state index in [4.69, 9.17) is 9.47 Å². The molecule has 0 spiro atoms. The maximum atomic E-state index is 13.2. The summed E-state index contributed by atoms with van der Waals surface area (Å²) in [5.41, 5.74) is 0.521. The Morgan fingerprint density at radius 2 is 1.77 bits per heavy atom. The van der Waals surface area contributed by atoms with Gasteiger partial charge in [0.05, 0.1) is 25.6 Å². The number of benzene rings is 1. The minimum Gasteiger partial charge on any atom is -0.493 e. The molecule has 1 aromatic rings. The molecular formula is C23H30N2O5. The summed E-state index contributed by atoms with van der Waals surface area (Å²) >= 11 is 0. The van der Waals surface area contributed by atoms with Gasteiger partial charge in [0, 0.05) is 11.8 Å². The molecule has 162 valence electrons. The Morgan fingerprint density at radius 1 is 1.13 bits per heavy atom. The second-order valence-electron chi connectivity index (χ2n) is 8.14. The van der Waals surface area contributed by atoms with Gasteiger partial charge >= 0.3 is 0 Å². The molecule has 0 saturated carbocycles. The van der Waals surface area contributed by atoms with Crippen LogP contribution in [0.25, 0.3) is 0 Å². The smallest absolute Gasteiger partial charge is 0.247 e. The molecule has 30 heavy (non-hydrogen) atoms. The van der Waals surface area contributed by atoms with Crippen LogP contribution in [-0.2, 0) is 14.4 Å². The number of carbonyl (C=O) groups is 3. The lowest BCUT2D eigenvalue weighted by Gasteiger charge is -2.27. The van der Waals surface area contributed by atoms with Crippen molar-refractivity contribution in [2.45, 2.75) is 46.1 Å². The van der Waals surface area contributed by atoms with Crippen molar-refractivity contribution in [2.75, 3.05) is 19.0 Å². The zero-order valence-electron chi connectivity index (χ0n) is 18.0. The van der Waals surface area contributed by atoms with Crippen LogP contribution in [0.2, 0.25) is 0 Å². The highest BCUT2D eigenvalue weighted by Crippen LogP contribution is 2.37. The molecule has 1 aliphatic carbocycles. The summed E-state index contributed by atoms with van der Waals surface area (Å²) in [6, 6.07) is 4.28. The topological polar surface area (TPSA) is 84.9 Å². The fourth-order valence-corrected chi connectivity index (χ4v) is 4.16. The largest absolute Gasteiger partial charge is 0.493 e. The first-order valence-electron chi connectivity index (χ1n) is 10.5. The van der Waals surface area contributed by atoms with E-state index in [0.29, 0.717) is 43.1 Å². The van der Waals surface area contributed by atoms with Crippen LogP contribution in [0.5, 0.6) is 11.5 Å². The van der Waals surface area contributed by atoms with Gasteiger partial charge in [0.2, 0.25) is 17.7 Å². The molecule has 0 radical (unpaired) electrons. The number of anilines is 1. The van der Waals surface area contributed by atoms with Crippen LogP contribution < -0.4 is 14.8 Å². The van der Waals surface area contributed by atoms with Crippen molar-refractivity contribution in [3.8, 4) is 11.5 Å². The van der Waals surface area contributed by atoms with Gasteiger partial charge < -0.3 is 14.8 Å². The number of fused-ring (bicyclic) bond motifs is 1. The van der Waals surface area contributed by atoms with Crippen LogP contribution in [0.15, 0.2) is 30.4 Å². The first-order valence-corrected chi connectivity index (χ1v) is 10.5. The second kappa shape index (κ2) is 9.32. The van der Waals surface area contributed by atoms with Crippen molar-refractivity contribution >= 4 is 23.4 Å². The van der Waals surface area contributed by atoms with E-state index in [1.54, 1.807) is 18.2 Å². The van der Waals surface area contributed by atoms with Gasteiger partial charge in [-0.05, 0) is 44.2 Å².